The van der Waals surface area contributed by atoms with Crippen LogP contribution in [0.3, 0.4) is 0 Å². The minimum absolute atomic E-state index is 0.0864. The van der Waals surface area contributed by atoms with Crippen molar-refractivity contribution in [3.63, 3.8) is 0 Å². The summed E-state index contributed by atoms with van der Waals surface area (Å²) >= 11 is 5.84. The zero-order valence-electron chi connectivity index (χ0n) is 13.3. The van der Waals surface area contributed by atoms with E-state index < -0.39 is 17.5 Å². The van der Waals surface area contributed by atoms with Crippen LogP contribution in [0, 0.1) is 11.6 Å². The summed E-state index contributed by atoms with van der Waals surface area (Å²) in [4.78, 5) is 20.2. The molecule has 0 unspecified atom stereocenters. The summed E-state index contributed by atoms with van der Waals surface area (Å²) in [5.74, 6) is -2.15. The van der Waals surface area contributed by atoms with Gasteiger partial charge in [0.05, 0.1) is 0 Å². The summed E-state index contributed by atoms with van der Waals surface area (Å²) in [6, 6.07) is 11.8. The molecule has 0 saturated heterocycles. The van der Waals surface area contributed by atoms with Crippen LogP contribution in [0.5, 0.6) is 0 Å². The topological polar surface area (TPSA) is 66.9 Å². The molecule has 5 nitrogen and oxygen atoms in total. The van der Waals surface area contributed by atoms with Crippen LogP contribution < -0.4 is 10.6 Å². The van der Waals surface area contributed by atoms with E-state index in [-0.39, 0.29) is 11.4 Å². The second kappa shape index (κ2) is 7.88. The Balaban J connectivity index is 1.66. The van der Waals surface area contributed by atoms with Crippen LogP contribution in [0.1, 0.15) is 16.1 Å². The standard InChI is InChI=1S/C18H13ClF2N4O/c19-12-3-1-11(2-4-12)9-22-17-8-16(23-10-24-17)18(26)25-13-5-6-14(20)15(21)7-13/h1-8,10H,9H2,(H,25,26)(H,22,23,24). The lowest BCUT2D eigenvalue weighted by atomic mass is 10.2. The van der Waals surface area contributed by atoms with Crippen molar-refractivity contribution in [2.45, 2.75) is 6.54 Å². The first kappa shape index (κ1) is 17.8. The van der Waals surface area contributed by atoms with Gasteiger partial charge in [0.2, 0.25) is 0 Å². The fourth-order valence-electron chi connectivity index (χ4n) is 2.14. The number of amides is 1. The first-order valence-corrected chi connectivity index (χ1v) is 7.96. The van der Waals surface area contributed by atoms with Gasteiger partial charge in [-0.2, -0.15) is 0 Å². The van der Waals surface area contributed by atoms with E-state index in [0.29, 0.717) is 17.4 Å². The number of rotatable bonds is 5. The molecule has 0 spiro atoms. The van der Waals surface area contributed by atoms with Crippen molar-refractivity contribution in [3.05, 3.63) is 82.8 Å². The Bertz CT molecular complexity index is 935. The molecule has 0 aliphatic carbocycles. The molecule has 0 saturated carbocycles. The number of hydrogen-bond donors (Lipinski definition) is 2. The molecule has 0 bridgehead atoms. The van der Waals surface area contributed by atoms with E-state index in [9.17, 15) is 13.6 Å². The predicted molar refractivity (Wildman–Crippen MR) is 95.1 cm³/mol. The van der Waals surface area contributed by atoms with Gasteiger partial charge in [-0.1, -0.05) is 23.7 Å². The van der Waals surface area contributed by atoms with E-state index in [1.807, 2.05) is 12.1 Å². The molecule has 8 heteroatoms. The van der Waals surface area contributed by atoms with Crippen molar-refractivity contribution in [2.24, 2.45) is 0 Å². The number of anilines is 2. The van der Waals surface area contributed by atoms with E-state index in [1.54, 1.807) is 12.1 Å². The van der Waals surface area contributed by atoms with Gasteiger partial charge in [0.25, 0.3) is 5.91 Å². The molecule has 0 fully saturated rings. The summed E-state index contributed by atoms with van der Waals surface area (Å²) < 4.78 is 26.1. The van der Waals surface area contributed by atoms with E-state index in [4.69, 9.17) is 11.6 Å². The number of benzene rings is 2. The van der Waals surface area contributed by atoms with Gasteiger partial charge in [0.15, 0.2) is 11.6 Å². The maximum atomic E-state index is 13.2. The Morgan fingerprint density at radius 2 is 1.77 bits per heavy atom. The molecule has 1 aromatic heterocycles. The summed E-state index contributed by atoms with van der Waals surface area (Å²) in [5.41, 5.74) is 1.20. The zero-order valence-corrected chi connectivity index (χ0v) is 14.1. The minimum Gasteiger partial charge on any atom is -0.366 e. The number of nitrogens with one attached hydrogen (secondary N) is 2. The lowest BCUT2D eigenvalue weighted by molar-refractivity contribution is 0.102. The maximum absolute atomic E-state index is 13.2. The molecule has 132 valence electrons. The molecule has 0 aliphatic rings. The number of carbonyl (C=O) groups is 1. The summed E-state index contributed by atoms with van der Waals surface area (Å²) in [7, 11) is 0. The largest absolute Gasteiger partial charge is 0.366 e. The van der Waals surface area contributed by atoms with Crippen molar-refractivity contribution >= 4 is 29.0 Å². The third-order valence-electron chi connectivity index (χ3n) is 3.46. The van der Waals surface area contributed by atoms with E-state index >= 15 is 0 Å². The van der Waals surface area contributed by atoms with Crippen molar-refractivity contribution < 1.29 is 13.6 Å². The summed E-state index contributed by atoms with van der Waals surface area (Å²) in [5, 5.41) is 6.17. The molecule has 2 N–H and O–H groups in total. The van der Waals surface area contributed by atoms with Crippen LogP contribution in [0.25, 0.3) is 0 Å². The van der Waals surface area contributed by atoms with Crippen molar-refractivity contribution in [2.75, 3.05) is 10.6 Å². The van der Waals surface area contributed by atoms with Crippen molar-refractivity contribution in [1.29, 1.82) is 0 Å². The number of carbonyl (C=O) groups excluding carboxylic acids is 1. The monoisotopic (exact) mass is 374 g/mol. The predicted octanol–water partition coefficient (Wildman–Crippen LogP) is 4.27. The van der Waals surface area contributed by atoms with Gasteiger partial charge in [-0.15, -0.1) is 0 Å². The number of aromatic nitrogens is 2. The second-order valence-corrected chi connectivity index (χ2v) is 5.79. The molecular formula is C18H13ClF2N4O. The zero-order chi connectivity index (χ0) is 18.5. The molecule has 3 aromatic rings. The van der Waals surface area contributed by atoms with Crippen molar-refractivity contribution in [3.8, 4) is 0 Å². The molecule has 26 heavy (non-hydrogen) atoms. The first-order valence-electron chi connectivity index (χ1n) is 7.58. The van der Waals surface area contributed by atoms with E-state index in [0.717, 1.165) is 17.7 Å². The molecule has 2 aromatic carbocycles. The van der Waals surface area contributed by atoms with Gasteiger partial charge in [0.1, 0.15) is 17.8 Å². The Hall–Kier alpha value is -3.06. The average molecular weight is 375 g/mol. The van der Waals surface area contributed by atoms with E-state index in [1.165, 1.54) is 18.5 Å². The van der Waals surface area contributed by atoms with Crippen LogP contribution in [-0.2, 0) is 6.54 Å². The SMILES string of the molecule is O=C(Nc1ccc(F)c(F)c1)c1cc(NCc2ccc(Cl)cc2)ncn1. The summed E-state index contributed by atoms with van der Waals surface area (Å²) in [6.45, 7) is 0.485. The van der Waals surface area contributed by atoms with Gasteiger partial charge >= 0.3 is 0 Å². The molecule has 1 amide bonds. The Kier molecular flexibility index (Phi) is 5.38. The van der Waals surface area contributed by atoms with Gasteiger partial charge in [-0.3, -0.25) is 4.79 Å². The molecule has 3 rings (SSSR count). The van der Waals surface area contributed by atoms with Crippen LogP contribution in [0.4, 0.5) is 20.3 Å². The fraction of sp³-hybridized carbons (Fsp3) is 0.0556. The fourth-order valence-corrected chi connectivity index (χ4v) is 2.27. The van der Waals surface area contributed by atoms with Gasteiger partial charge in [-0.25, -0.2) is 18.7 Å². The summed E-state index contributed by atoms with van der Waals surface area (Å²) in [6.07, 6.45) is 1.24. The molecule has 0 aliphatic heterocycles. The van der Waals surface area contributed by atoms with Crippen LogP contribution in [0.2, 0.25) is 5.02 Å². The van der Waals surface area contributed by atoms with Crippen molar-refractivity contribution in [1.82, 2.24) is 9.97 Å². The smallest absolute Gasteiger partial charge is 0.274 e. The lowest BCUT2D eigenvalue weighted by Gasteiger charge is -2.08. The first-order chi connectivity index (χ1) is 12.5. The number of nitrogens with zero attached hydrogens (tertiary/aromatic N) is 2. The normalized spacial score (nSPS) is 10.4. The molecule has 0 radical (unpaired) electrons. The third-order valence-corrected chi connectivity index (χ3v) is 3.72. The van der Waals surface area contributed by atoms with Crippen LogP contribution in [-0.4, -0.2) is 15.9 Å². The minimum atomic E-state index is -1.05. The Morgan fingerprint density at radius 1 is 1.00 bits per heavy atom. The second-order valence-electron chi connectivity index (χ2n) is 5.35. The van der Waals surface area contributed by atoms with Crippen LogP contribution in [0.15, 0.2) is 54.9 Å². The molecule has 1 heterocycles. The van der Waals surface area contributed by atoms with Gasteiger partial charge in [-0.05, 0) is 29.8 Å². The Labute approximate surface area is 153 Å². The molecule has 0 atom stereocenters. The highest BCUT2D eigenvalue weighted by Crippen LogP contribution is 2.15. The average Bonchev–Trinajstić information content (AvgIpc) is 2.64. The van der Waals surface area contributed by atoms with E-state index in [2.05, 4.69) is 20.6 Å². The maximum Gasteiger partial charge on any atom is 0.274 e. The van der Waals surface area contributed by atoms with Crippen LogP contribution >= 0.6 is 11.6 Å². The number of hydrogen-bond acceptors (Lipinski definition) is 4. The van der Waals surface area contributed by atoms with Gasteiger partial charge in [0, 0.05) is 29.4 Å². The lowest BCUT2D eigenvalue weighted by Crippen LogP contribution is -2.15. The number of halogens is 3. The molecular weight excluding hydrogens is 362 g/mol. The highest BCUT2D eigenvalue weighted by molar-refractivity contribution is 6.30. The Morgan fingerprint density at radius 3 is 2.50 bits per heavy atom. The third kappa shape index (κ3) is 4.52. The quantitative estimate of drug-likeness (QED) is 0.699. The highest BCUT2D eigenvalue weighted by Gasteiger charge is 2.11. The van der Waals surface area contributed by atoms with Gasteiger partial charge < -0.3 is 10.6 Å². The highest BCUT2D eigenvalue weighted by atomic mass is 35.5.